The van der Waals surface area contributed by atoms with Crippen LogP contribution in [0.3, 0.4) is 0 Å². The Balaban J connectivity index is 2.33. The normalized spacial score (nSPS) is 19.1. The number of hydrogen-bond donors (Lipinski definition) is 2. The molecule has 0 bridgehead atoms. The fourth-order valence-electron chi connectivity index (χ4n) is 1.31. The van der Waals surface area contributed by atoms with E-state index in [-0.39, 0.29) is 12.3 Å². The molecule has 1 heterocycles. The van der Waals surface area contributed by atoms with Crippen LogP contribution in [-0.2, 0) is 4.79 Å². The van der Waals surface area contributed by atoms with Gasteiger partial charge < -0.3 is 15.8 Å². The van der Waals surface area contributed by atoms with E-state index in [1.54, 1.807) is 12.1 Å². The fraction of sp³-hybridized carbons (Fsp3) is 0.222. The average Bonchev–Trinajstić information content (AvgIpc) is 2.18. The van der Waals surface area contributed by atoms with Crippen molar-refractivity contribution in [2.45, 2.75) is 6.10 Å². The van der Waals surface area contributed by atoms with Crippen LogP contribution >= 0.6 is 0 Å². The Bertz CT molecular complexity index is 381. The molecule has 1 aliphatic heterocycles. The summed E-state index contributed by atoms with van der Waals surface area (Å²) in [5.74, 6) is -1.05. The minimum absolute atomic E-state index is 0.0579. The second-order valence-electron chi connectivity index (χ2n) is 3.01. The Morgan fingerprint density at radius 3 is 3.14 bits per heavy atom. The van der Waals surface area contributed by atoms with Crippen LogP contribution in [-0.4, -0.2) is 18.6 Å². The lowest BCUT2D eigenvalue weighted by Crippen LogP contribution is -2.42. The highest BCUT2D eigenvalue weighted by Crippen LogP contribution is 2.31. The van der Waals surface area contributed by atoms with E-state index in [0.717, 1.165) is 0 Å². The van der Waals surface area contributed by atoms with Crippen molar-refractivity contribution in [1.82, 2.24) is 0 Å². The number of para-hydroxylation sites is 1. The third-order valence-corrected chi connectivity index (χ3v) is 2.02. The highest BCUT2D eigenvalue weighted by Gasteiger charge is 2.25. The number of rotatable bonds is 1. The average molecular weight is 196 g/mol. The van der Waals surface area contributed by atoms with Gasteiger partial charge >= 0.3 is 0 Å². The quantitative estimate of drug-likeness (QED) is 0.686. The molecule has 5 heteroatoms. The number of carbonyl (C=O) groups excluding carboxylic acids is 1. The van der Waals surface area contributed by atoms with Crippen molar-refractivity contribution >= 4 is 11.6 Å². The number of amides is 1. The van der Waals surface area contributed by atoms with E-state index < -0.39 is 17.8 Å². The molecule has 1 aromatic rings. The minimum atomic E-state index is -0.806. The molecule has 0 radical (unpaired) electrons. The summed E-state index contributed by atoms with van der Waals surface area (Å²) in [6.45, 7) is 0.270. The number of ether oxygens (including phenoxy) is 1. The maximum atomic E-state index is 13.2. The third kappa shape index (κ3) is 1.37. The van der Waals surface area contributed by atoms with Crippen LogP contribution < -0.4 is 15.8 Å². The first-order valence-corrected chi connectivity index (χ1v) is 4.17. The first-order valence-electron chi connectivity index (χ1n) is 4.17. The summed E-state index contributed by atoms with van der Waals surface area (Å²) in [5, 5.41) is 2.87. The molecule has 14 heavy (non-hydrogen) atoms. The number of hydrogen-bond acceptors (Lipinski definition) is 3. The molecule has 0 unspecified atom stereocenters. The van der Waals surface area contributed by atoms with Crippen LogP contribution in [0.25, 0.3) is 0 Å². The van der Waals surface area contributed by atoms with Crippen LogP contribution in [0.4, 0.5) is 10.1 Å². The van der Waals surface area contributed by atoms with E-state index in [2.05, 4.69) is 5.32 Å². The van der Waals surface area contributed by atoms with Crippen LogP contribution in [0, 0.1) is 5.82 Å². The zero-order valence-corrected chi connectivity index (χ0v) is 7.29. The summed E-state index contributed by atoms with van der Waals surface area (Å²) in [5.41, 5.74) is 5.59. The molecule has 0 fully saturated rings. The Kier molecular flexibility index (Phi) is 1.99. The first-order chi connectivity index (χ1) is 6.68. The Morgan fingerprint density at radius 1 is 1.64 bits per heavy atom. The molecule has 1 aromatic carbocycles. The summed E-state index contributed by atoms with van der Waals surface area (Å²) in [7, 11) is 0. The second kappa shape index (κ2) is 3.17. The monoisotopic (exact) mass is 196 g/mol. The highest BCUT2D eigenvalue weighted by atomic mass is 19.1. The van der Waals surface area contributed by atoms with Crippen molar-refractivity contribution in [2.75, 3.05) is 11.9 Å². The summed E-state index contributed by atoms with van der Waals surface area (Å²) >= 11 is 0. The number of nitrogens with one attached hydrogen (secondary N) is 1. The Morgan fingerprint density at radius 2 is 2.43 bits per heavy atom. The molecule has 74 valence electrons. The molecule has 1 aliphatic rings. The van der Waals surface area contributed by atoms with Gasteiger partial charge in [-0.05, 0) is 12.1 Å². The topological polar surface area (TPSA) is 64.4 Å². The van der Waals surface area contributed by atoms with Crippen molar-refractivity contribution in [2.24, 2.45) is 5.73 Å². The van der Waals surface area contributed by atoms with Gasteiger partial charge in [0, 0.05) is 0 Å². The van der Waals surface area contributed by atoms with Crippen molar-refractivity contribution in [3.05, 3.63) is 24.0 Å². The van der Waals surface area contributed by atoms with Crippen LogP contribution in [0.15, 0.2) is 18.2 Å². The van der Waals surface area contributed by atoms with Gasteiger partial charge in [-0.3, -0.25) is 4.79 Å². The standard InChI is InChI=1S/C9H9FN2O2/c10-5-2-1-3-6-8(5)14-7(4-12-6)9(11)13/h1-3,7,12H,4H2,(H2,11,13)/t7-/m0/s1. The SMILES string of the molecule is NC(=O)[C@@H]1CNc2cccc(F)c2O1. The summed E-state index contributed by atoms with van der Waals surface area (Å²) in [4.78, 5) is 10.8. The van der Waals surface area contributed by atoms with E-state index in [4.69, 9.17) is 10.5 Å². The number of halogens is 1. The lowest BCUT2D eigenvalue weighted by molar-refractivity contribution is -0.124. The van der Waals surface area contributed by atoms with Crippen molar-refractivity contribution < 1.29 is 13.9 Å². The van der Waals surface area contributed by atoms with Gasteiger partial charge in [0.05, 0.1) is 12.2 Å². The van der Waals surface area contributed by atoms with Crippen molar-refractivity contribution in [3.63, 3.8) is 0 Å². The van der Waals surface area contributed by atoms with E-state index in [1.807, 2.05) is 0 Å². The Hall–Kier alpha value is -1.78. The van der Waals surface area contributed by atoms with Gasteiger partial charge in [0.2, 0.25) is 0 Å². The number of carbonyl (C=O) groups is 1. The van der Waals surface area contributed by atoms with Gasteiger partial charge in [0.15, 0.2) is 17.7 Å². The van der Waals surface area contributed by atoms with E-state index >= 15 is 0 Å². The van der Waals surface area contributed by atoms with Gasteiger partial charge in [-0.15, -0.1) is 0 Å². The molecule has 0 aromatic heterocycles. The zero-order chi connectivity index (χ0) is 10.1. The molecule has 2 rings (SSSR count). The maximum absolute atomic E-state index is 13.2. The molecule has 0 saturated heterocycles. The predicted molar refractivity (Wildman–Crippen MR) is 48.5 cm³/mol. The molecule has 0 spiro atoms. The molecule has 0 aliphatic carbocycles. The molecule has 1 atom stereocenters. The van der Waals surface area contributed by atoms with Gasteiger partial charge in [-0.2, -0.15) is 0 Å². The Labute approximate surface area is 79.9 Å². The first kappa shape index (κ1) is 8.80. The van der Waals surface area contributed by atoms with Crippen LogP contribution in [0.2, 0.25) is 0 Å². The third-order valence-electron chi connectivity index (χ3n) is 2.02. The highest BCUT2D eigenvalue weighted by molar-refractivity contribution is 5.81. The van der Waals surface area contributed by atoms with Gasteiger partial charge in [-0.25, -0.2) is 4.39 Å². The molecule has 3 N–H and O–H groups in total. The lowest BCUT2D eigenvalue weighted by Gasteiger charge is -2.25. The summed E-state index contributed by atoms with van der Waals surface area (Å²) in [6.07, 6.45) is -0.806. The number of nitrogens with two attached hydrogens (primary N) is 1. The van der Waals surface area contributed by atoms with E-state index in [9.17, 15) is 9.18 Å². The minimum Gasteiger partial charge on any atom is -0.473 e. The summed E-state index contributed by atoms with van der Waals surface area (Å²) in [6, 6.07) is 4.51. The van der Waals surface area contributed by atoms with Crippen LogP contribution in [0.1, 0.15) is 0 Å². The second-order valence-corrected chi connectivity index (χ2v) is 3.01. The van der Waals surface area contributed by atoms with Crippen LogP contribution in [0.5, 0.6) is 5.75 Å². The number of anilines is 1. The molecular formula is C9H9FN2O2. The molecule has 4 nitrogen and oxygen atoms in total. The smallest absolute Gasteiger partial charge is 0.260 e. The van der Waals surface area contributed by atoms with Crippen molar-refractivity contribution in [1.29, 1.82) is 0 Å². The molecule has 1 amide bonds. The fourth-order valence-corrected chi connectivity index (χ4v) is 1.31. The largest absolute Gasteiger partial charge is 0.473 e. The van der Waals surface area contributed by atoms with Gasteiger partial charge in [0.1, 0.15) is 0 Å². The van der Waals surface area contributed by atoms with Gasteiger partial charge in [0.25, 0.3) is 5.91 Å². The maximum Gasteiger partial charge on any atom is 0.260 e. The molecular weight excluding hydrogens is 187 g/mol. The van der Waals surface area contributed by atoms with E-state index in [1.165, 1.54) is 6.07 Å². The van der Waals surface area contributed by atoms with E-state index in [0.29, 0.717) is 5.69 Å². The molecule has 0 saturated carbocycles. The zero-order valence-electron chi connectivity index (χ0n) is 7.29. The lowest BCUT2D eigenvalue weighted by atomic mass is 10.2. The predicted octanol–water partition coefficient (Wildman–Crippen LogP) is 0.484. The van der Waals surface area contributed by atoms with Crippen molar-refractivity contribution in [3.8, 4) is 5.75 Å². The van der Waals surface area contributed by atoms with Gasteiger partial charge in [-0.1, -0.05) is 6.07 Å². The number of benzene rings is 1. The number of primary amides is 1. The summed E-state index contributed by atoms with van der Waals surface area (Å²) < 4.78 is 18.3. The number of fused-ring (bicyclic) bond motifs is 1.